The molecule has 0 saturated heterocycles. The van der Waals surface area contributed by atoms with Gasteiger partial charge < -0.3 is 0 Å². The van der Waals surface area contributed by atoms with Gasteiger partial charge in [-0.15, -0.1) is 0 Å². The van der Waals surface area contributed by atoms with Crippen LogP contribution in [0.1, 0.15) is 39.5 Å². The number of unbranched alkanes of at least 4 members (excludes halogenated alkanes) is 1. The molecule has 1 atom stereocenters. The Labute approximate surface area is 72.6 Å². The zero-order chi connectivity index (χ0) is 9.45. The molecule has 3 nitrogen and oxygen atoms in total. The Kier molecular flexibility index (Phi) is 5.47. The molecule has 0 amide bonds. The Hall–Kier alpha value is -0.760. The van der Waals surface area contributed by atoms with Crippen LogP contribution in [0.25, 0.3) is 10.4 Å². The van der Waals surface area contributed by atoms with Gasteiger partial charge in [0.1, 0.15) is 5.67 Å². The molecule has 1 unspecified atom stereocenters. The third-order valence-corrected chi connectivity index (χ3v) is 1.85. The van der Waals surface area contributed by atoms with Gasteiger partial charge >= 0.3 is 0 Å². The molecule has 0 bridgehead atoms. The largest absolute Gasteiger partial charge is 0.244 e. The van der Waals surface area contributed by atoms with Crippen LogP contribution in [0.4, 0.5) is 4.39 Å². The minimum Gasteiger partial charge on any atom is -0.244 e. The Morgan fingerprint density at radius 2 is 2.17 bits per heavy atom. The van der Waals surface area contributed by atoms with E-state index in [2.05, 4.69) is 10.0 Å². The van der Waals surface area contributed by atoms with Crippen LogP contribution in [0.5, 0.6) is 0 Å². The smallest absolute Gasteiger partial charge is 0.108 e. The van der Waals surface area contributed by atoms with E-state index in [9.17, 15) is 4.39 Å². The van der Waals surface area contributed by atoms with Crippen molar-refractivity contribution in [2.24, 2.45) is 5.11 Å². The van der Waals surface area contributed by atoms with E-state index in [-0.39, 0.29) is 6.54 Å². The van der Waals surface area contributed by atoms with E-state index in [4.69, 9.17) is 5.53 Å². The van der Waals surface area contributed by atoms with Crippen molar-refractivity contribution in [1.29, 1.82) is 0 Å². The molecule has 0 spiro atoms. The van der Waals surface area contributed by atoms with Gasteiger partial charge in [-0.25, -0.2) is 4.39 Å². The Bertz CT molecular complexity index is 162. The summed E-state index contributed by atoms with van der Waals surface area (Å²) in [4.78, 5) is 2.58. The van der Waals surface area contributed by atoms with E-state index in [0.717, 1.165) is 12.8 Å². The molecule has 0 aliphatic rings. The molecule has 0 rings (SSSR count). The van der Waals surface area contributed by atoms with E-state index < -0.39 is 5.67 Å². The number of azide groups is 1. The molecule has 0 aliphatic carbocycles. The minimum absolute atomic E-state index is 0.257. The van der Waals surface area contributed by atoms with Crippen molar-refractivity contribution in [2.45, 2.75) is 45.2 Å². The predicted octanol–water partition coefficient (Wildman–Crippen LogP) is 3.61. The maximum Gasteiger partial charge on any atom is 0.108 e. The molecule has 0 aromatic rings. The van der Waals surface area contributed by atoms with Gasteiger partial charge in [0.25, 0.3) is 0 Å². The predicted molar refractivity (Wildman–Crippen MR) is 47.7 cm³/mol. The fourth-order valence-electron chi connectivity index (χ4n) is 0.998. The third kappa shape index (κ3) is 5.98. The van der Waals surface area contributed by atoms with Crippen LogP contribution in [-0.2, 0) is 0 Å². The molecule has 4 heteroatoms. The number of halogens is 1. The van der Waals surface area contributed by atoms with Crippen LogP contribution in [0.2, 0.25) is 0 Å². The van der Waals surface area contributed by atoms with Crippen molar-refractivity contribution >= 4 is 0 Å². The first kappa shape index (κ1) is 11.2. The zero-order valence-electron chi connectivity index (χ0n) is 7.76. The second-order valence-electron chi connectivity index (χ2n) is 3.22. The van der Waals surface area contributed by atoms with Gasteiger partial charge in [-0.2, -0.15) is 0 Å². The lowest BCUT2D eigenvalue weighted by atomic mass is 9.97. The maximum atomic E-state index is 13.4. The van der Waals surface area contributed by atoms with E-state index in [0.29, 0.717) is 12.8 Å². The maximum absolute atomic E-state index is 13.4. The monoisotopic (exact) mass is 173 g/mol. The average molecular weight is 173 g/mol. The van der Waals surface area contributed by atoms with E-state index >= 15 is 0 Å². The summed E-state index contributed by atoms with van der Waals surface area (Å²) >= 11 is 0. The van der Waals surface area contributed by atoms with Crippen molar-refractivity contribution in [2.75, 3.05) is 6.54 Å². The van der Waals surface area contributed by atoms with Crippen molar-refractivity contribution in [1.82, 2.24) is 0 Å². The van der Waals surface area contributed by atoms with Gasteiger partial charge in [-0.1, -0.05) is 24.9 Å². The van der Waals surface area contributed by atoms with Gasteiger partial charge in [0.05, 0.1) is 0 Å². The Morgan fingerprint density at radius 1 is 1.50 bits per heavy atom. The first-order chi connectivity index (χ1) is 5.62. The molecule has 0 saturated carbocycles. The lowest BCUT2D eigenvalue weighted by molar-refractivity contribution is 0.161. The summed E-state index contributed by atoms with van der Waals surface area (Å²) in [5.41, 5.74) is 6.81. The van der Waals surface area contributed by atoms with Crippen LogP contribution in [0.3, 0.4) is 0 Å². The highest BCUT2D eigenvalue weighted by Gasteiger charge is 2.20. The molecule has 0 N–H and O–H groups in total. The number of alkyl halides is 1. The van der Waals surface area contributed by atoms with Gasteiger partial charge in [0.2, 0.25) is 0 Å². The molecule has 0 aromatic carbocycles. The summed E-state index contributed by atoms with van der Waals surface area (Å²) in [5, 5.41) is 3.31. The normalized spacial score (nSPS) is 14.9. The SMILES string of the molecule is CCCCC(C)(F)CCN=[N+]=[N-]. The van der Waals surface area contributed by atoms with Crippen LogP contribution >= 0.6 is 0 Å². The number of rotatable bonds is 6. The molecule has 12 heavy (non-hydrogen) atoms. The summed E-state index contributed by atoms with van der Waals surface area (Å²) in [6, 6.07) is 0. The second-order valence-corrected chi connectivity index (χ2v) is 3.22. The van der Waals surface area contributed by atoms with Crippen LogP contribution in [0.15, 0.2) is 5.11 Å². The summed E-state index contributed by atoms with van der Waals surface area (Å²) in [6.07, 6.45) is 2.78. The Balaban J connectivity index is 3.62. The van der Waals surface area contributed by atoms with Crippen molar-refractivity contribution < 1.29 is 4.39 Å². The molecule has 0 heterocycles. The van der Waals surface area contributed by atoms with Crippen LogP contribution < -0.4 is 0 Å². The van der Waals surface area contributed by atoms with Crippen molar-refractivity contribution in [3.8, 4) is 0 Å². The molecule has 0 radical (unpaired) electrons. The number of hydrogen-bond acceptors (Lipinski definition) is 1. The molecule has 0 aliphatic heterocycles. The topological polar surface area (TPSA) is 48.8 Å². The summed E-state index contributed by atoms with van der Waals surface area (Å²) in [5.74, 6) is 0. The lowest BCUT2D eigenvalue weighted by Crippen LogP contribution is -2.18. The minimum atomic E-state index is -1.16. The number of nitrogens with zero attached hydrogens (tertiary/aromatic N) is 3. The van der Waals surface area contributed by atoms with Crippen LogP contribution in [-0.4, -0.2) is 12.2 Å². The highest BCUT2D eigenvalue weighted by molar-refractivity contribution is 4.73. The molecule has 0 aromatic heterocycles. The average Bonchev–Trinajstić information content (AvgIpc) is 2.01. The molecule has 70 valence electrons. The van der Waals surface area contributed by atoms with Crippen molar-refractivity contribution in [3.05, 3.63) is 10.4 Å². The van der Waals surface area contributed by atoms with Gasteiger partial charge in [-0.05, 0) is 25.3 Å². The highest BCUT2D eigenvalue weighted by atomic mass is 19.1. The molecule has 0 fully saturated rings. The standard InChI is InChI=1S/C8H16FN3/c1-3-4-5-8(2,9)6-7-11-12-10/h3-7H2,1-2H3. The molecular formula is C8H16FN3. The number of hydrogen-bond donors (Lipinski definition) is 0. The quantitative estimate of drug-likeness (QED) is 0.335. The summed E-state index contributed by atoms with van der Waals surface area (Å²) < 4.78 is 13.4. The summed E-state index contributed by atoms with van der Waals surface area (Å²) in [7, 11) is 0. The van der Waals surface area contributed by atoms with E-state index in [1.165, 1.54) is 0 Å². The fourth-order valence-corrected chi connectivity index (χ4v) is 0.998. The van der Waals surface area contributed by atoms with Gasteiger partial charge in [0.15, 0.2) is 0 Å². The van der Waals surface area contributed by atoms with E-state index in [1.54, 1.807) is 6.92 Å². The first-order valence-electron chi connectivity index (χ1n) is 4.32. The zero-order valence-corrected chi connectivity index (χ0v) is 7.76. The summed E-state index contributed by atoms with van der Waals surface area (Å²) in [6.45, 7) is 3.85. The van der Waals surface area contributed by atoms with Gasteiger partial charge in [0, 0.05) is 11.5 Å². The highest BCUT2D eigenvalue weighted by Crippen LogP contribution is 2.22. The molecular weight excluding hydrogens is 157 g/mol. The van der Waals surface area contributed by atoms with Crippen LogP contribution in [0, 0.1) is 0 Å². The fraction of sp³-hybridized carbons (Fsp3) is 1.00. The van der Waals surface area contributed by atoms with Gasteiger partial charge in [-0.3, -0.25) is 0 Å². The Morgan fingerprint density at radius 3 is 2.67 bits per heavy atom. The lowest BCUT2D eigenvalue weighted by Gasteiger charge is -2.18. The first-order valence-corrected chi connectivity index (χ1v) is 4.32. The van der Waals surface area contributed by atoms with E-state index in [1.807, 2.05) is 6.92 Å². The van der Waals surface area contributed by atoms with Crippen molar-refractivity contribution in [3.63, 3.8) is 0 Å². The second kappa shape index (κ2) is 5.84. The third-order valence-electron chi connectivity index (χ3n) is 1.85.